The zero-order valence-corrected chi connectivity index (χ0v) is 15.6. The summed E-state index contributed by atoms with van der Waals surface area (Å²) in [6, 6.07) is 14.7. The quantitative estimate of drug-likeness (QED) is 0.757. The molecule has 1 amide bonds. The Labute approximate surface area is 159 Å². The molecule has 0 aliphatic heterocycles. The number of hydrogen-bond donors (Lipinski definition) is 2. The number of carbonyl (C=O) groups excluding carboxylic acids is 1. The van der Waals surface area contributed by atoms with E-state index in [1.54, 1.807) is 0 Å². The third-order valence-corrected chi connectivity index (χ3v) is 6.40. The predicted molar refractivity (Wildman–Crippen MR) is 105 cm³/mol. The highest BCUT2D eigenvalue weighted by atomic mass is 16.4. The van der Waals surface area contributed by atoms with Crippen molar-refractivity contribution in [2.75, 3.05) is 0 Å². The van der Waals surface area contributed by atoms with E-state index in [0.717, 1.165) is 67.1 Å². The number of carbonyl (C=O) groups is 2. The van der Waals surface area contributed by atoms with Gasteiger partial charge < -0.3 is 15.2 Å². The number of amides is 1. The molecule has 140 valence electrons. The van der Waals surface area contributed by atoms with Crippen LogP contribution in [0.5, 0.6) is 0 Å². The molecule has 0 unspecified atom stereocenters. The Bertz CT molecular complexity index is 883. The molecule has 1 atom stereocenters. The minimum Gasteiger partial charge on any atom is -0.465 e. The summed E-state index contributed by atoms with van der Waals surface area (Å²) in [5.74, 6) is 0. The zero-order chi connectivity index (χ0) is 19.1. The van der Waals surface area contributed by atoms with Gasteiger partial charge >= 0.3 is 6.09 Å². The van der Waals surface area contributed by atoms with Crippen LogP contribution in [-0.2, 0) is 23.2 Å². The molecule has 4 heteroatoms. The van der Waals surface area contributed by atoms with Crippen LogP contribution in [0.4, 0.5) is 4.79 Å². The van der Waals surface area contributed by atoms with E-state index in [0.29, 0.717) is 0 Å². The van der Waals surface area contributed by atoms with E-state index in [1.807, 2.05) is 12.1 Å². The van der Waals surface area contributed by atoms with Gasteiger partial charge in [-0.25, -0.2) is 4.79 Å². The second-order valence-corrected chi connectivity index (χ2v) is 7.96. The molecule has 2 aliphatic carbocycles. The van der Waals surface area contributed by atoms with Gasteiger partial charge in [-0.05, 0) is 59.9 Å². The second-order valence-electron chi connectivity index (χ2n) is 7.96. The van der Waals surface area contributed by atoms with Crippen molar-refractivity contribution in [3.63, 3.8) is 0 Å². The Morgan fingerprint density at radius 3 is 2.41 bits per heavy atom. The zero-order valence-electron chi connectivity index (χ0n) is 15.6. The van der Waals surface area contributed by atoms with Crippen LogP contribution in [-0.4, -0.2) is 17.5 Å². The van der Waals surface area contributed by atoms with Crippen molar-refractivity contribution in [1.82, 2.24) is 5.32 Å². The predicted octanol–water partition coefficient (Wildman–Crippen LogP) is 4.69. The molecule has 0 bridgehead atoms. The number of aryl methyl sites for hydroxylation is 2. The summed E-state index contributed by atoms with van der Waals surface area (Å²) in [7, 11) is 0. The van der Waals surface area contributed by atoms with Crippen LogP contribution in [0.1, 0.15) is 49.3 Å². The molecule has 1 saturated carbocycles. The van der Waals surface area contributed by atoms with Crippen molar-refractivity contribution < 1.29 is 14.7 Å². The number of nitrogens with one attached hydrogen (secondary N) is 1. The Hall–Kier alpha value is -2.62. The fourth-order valence-electron chi connectivity index (χ4n) is 4.76. The number of aldehydes is 1. The normalized spacial score (nSPS) is 22.1. The van der Waals surface area contributed by atoms with Crippen LogP contribution in [0, 0.1) is 5.41 Å². The van der Waals surface area contributed by atoms with E-state index in [4.69, 9.17) is 0 Å². The fourth-order valence-corrected chi connectivity index (χ4v) is 4.76. The topological polar surface area (TPSA) is 66.4 Å². The lowest BCUT2D eigenvalue weighted by Gasteiger charge is -2.42. The van der Waals surface area contributed by atoms with Crippen LogP contribution in [0.25, 0.3) is 11.1 Å². The molecule has 0 saturated heterocycles. The van der Waals surface area contributed by atoms with Crippen LogP contribution < -0.4 is 5.32 Å². The molecule has 27 heavy (non-hydrogen) atoms. The first-order valence-corrected chi connectivity index (χ1v) is 9.74. The highest BCUT2D eigenvalue weighted by Crippen LogP contribution is 2.63. The van der Waals surface area contributed by atoms with Gasteiger partial charge in [0.25, 0.3) is 0 Å². The van der Waals surface area contributed by atoms with E-state index >= 15 is 0 Å². The van der Waals surface area contributed by atoms with Gasteiger partial charge in [0, 0.05) is 5.41 Å². The first-order chi connectivity index (χ1) is 13.0. The Kier molecular flexibility index (Phi) is 4.29. The minimum absolute atomic E-state index is 0.247. The summed E-state index contributed by atoms with van der Waals surface area (Å²) in [6.07, 6.45) is 5.41. The number of benzene rings is 2. The first-order valence-electron chi connectivity index (χ1n) is 9.74. The van der Waals surface area contributed by atoms with Crippen LogP contribution >= 0.6 is 0 Å². The molecule has 4 nitrogen and oxygen atoms in total. The van der Waals surface area contributed by atoms with Gasteiger partial charge in [0.15, 0.2) is 6.29 Å². The van der Waals surface area contributed by atoms with E-state index in [9.17, 15) is 14.7 Å². The lowest BCUT2D eigenvalue weighted by Crippen LogP contribution is -2.55. The van der Waals surface area contributed by atoms with Crippen molar-refractivity contribution >= 4 is 12.4 Å². The summed E-state index contributed by atoms with van der Waals surface area (Å²) in [5, 5.41) is 12.0. The van der Waals surface area contributed by atoms with Gasteiger partial charge in [-0.3, -0.25) is 0 Å². The summed E-state index contributed by atoms with van der Waals surface area (Å²) in [5.41, 5.74) is 4.13. The largest absolute Gasteiger partial charge is 0.465 e. The number of fused-ring (bicyclic) bond motifs is 1. The highest BCUT2D eigenvalue weighted by Gasteiger charge is 2.63. The van der Waals surface area contributed by atoms with Gasteiger partial charge in [0.05, 0.1) is 0 Å². The minimum atomic E-state index is -1.14. The van der Waals surface area contributed by atoms with Crippen LogP contribution in [0.3, 0.4) is 0 Å². The van der Waals surface area contributed by atoms with Crippen molar-refractivity contribution in [2.24, 2.45) is 5.41 Å². The van der Waals surface area contributed by atoms with Crippen molar-refractivity contribution in [3.05, 3.63) is 59.2 Å². The summed E-state index contributed by atoms with van der Waals surface area (Å²) >= 11 is 0. The molecular weight excluding hydrogens is 338 g/mol. The van der Waals surface area contributed by atoms with E-state index in [2.05, 4.69) is 42.6 Å². The molecule has 1 fully saturated rings. The Morgan fingerprint density at radius 2 is 1.81 bits per heavy atom. The van der Waals surface area contributed by atoms with Gasteiger partial charge in [-0.1, -0.05) is 55.8 Å². The third kappa shape index (κ3) is 2.84. The average Bonchev–Trinajstić information content (AvgIpc) is 3.46. The van der Waals surface area contributed by atoms with E-state index in [1.165, 1.54) is 5.56 Å². The molecule has 2 aromatic rings. The van der Waals surface area contributed by atoms with Crippen LogP contribution in [0.2, 0.25) is 0 Å². The summed E-state index contributed by atoms with van der Waals surface area (Å²) in [6.45, 7) is 2.18. The maximum Gasteiger partial charge on any atom is 0.405 e. The molecule has 2 aromatic carbocycles. The van der Waals surface area contributed by atoms with Crippen molar-refractivity contribution in [3.8, 4) is 11.1 Å². The van der Waals surface area contributed by atoms with E-state index < -0.39 is 11.6 Å². The van der Waals surface area contributed by atoms with Crippen molar-refractivity contribution in [1.29, 1.82) is 0 Å². The number of carboxylic acid groups (broad SMARTS) is 1. The Morgan fingerprint density at radius 1 is 1.11 bits per heavy atom. The molecule has 2 N–H and O–H groups in total. The van der Waals surface area contributed by atoms with Crippen LogP contribution in [0.15, 0.2) is 42.5 Å². The molecule has 2 aliphatic rings. The average molecular weight is 363 g/mol. The van der Waals surface area contributed by atoms with Gasteiger partial charge in [0.1, 0.15) is 5.54 Å². The molecule has 0 aromatic heterocycles. The molecular formula is C23H25NO3. The van der Waals surface area contributed by atoms with Crippen molar-refractivity contribution in [2.45, 2.75) is 51.0 Å². The van der Waals surface area contributed by atoms with Gasteiger partial charge in [-0.15, -0.1) is 0 Å². The SMILES string of the molecule is CCCc1ccc(-c2ccc3c(c2)CCC2(CC2)[C@]3(C=O)NC(=O)O)cc1. The molecule has 0 radical (unpaired) electrons. The lowest BCUT2D eigenvalue weighted by atomic mass is 9.67. The summed E-state index contributed by atoms with van der Waals surface area (Å²) in [4.78, 5) is 23.6. The molecule has 0 heterocycles. The fraction of sp³-hybridized carbons (Fsp3) is 0.391. The highest BCUT2D eigenvalue weighted by molar-refractivity contribution is 5.81. The smallest absolute Gasteiger partial charge is 0.405 e. The number of hydrogen-bond acceptors (Lipinski definition) is 2. The molecule has 1 spiro atoms. The molecule has 4 rings (SSSR count). The first kappa shape index (κ1) is 17.8. The standard InChI is InChI=1S/C23H25NO3/c1-2-3-16-4-6-17(7-5-16)18-8-9-20-19(14-18)10-11-22(12-13-22)23(20,15-25)24-21(26)27/h4-9,14-15,24H,2-3,10-13H2,1H3,(H,26,27)/t23-/m1/s1. The lowest BCUT2D eigenvalue weighted by molar-refractivity contribution is -0.116. The number of rotatable bonds is 5. The van der Waals surface area contributed by atoms with E-state index in [-0.39, 0.29) is 5.41 Å². The van der Waals surface area contributed by atoms with Gasteiger partial charge in [0.2, 0.25) is 0 Å². The monoisotopic (exact) mass is 363 g/mol. The maximum atomic E-state index is 12.2. The third-order valence-electron chi connectivity index (χ3n) is 6.40. The van der Waals surface area contributed by atoms with Gasteiger partial charge in [-0.2, -0.15) is 0 Å². The Balaban J connectivity index is 1.74. The maximum absolute atomic E-state index is 12.2. The second kappa shape index (κ2) is 6.52. The summed E-state index contributed by atoms with van der Waals surface area (Å²) < 4.78 is 0.